The zero-order chi connectivity index (χ0) is 13.2. The third-order valence-corrected chi connectivity index (χ3v) is 4.75. The van der Waals surface area contributed by atoms with Gasteiger partial charge in [-0.2, -0.15) is 0 Å². The normalized spacial score (nSPS) is 29.6. The third kappa shape index (κ3) is 2.69. The second-order valence-electron chi connectivity index (χ2n) is 6.04. The number of ether oxygens (including phenoxy) is 1. The minimum absolute atomic E-state index is 0.137. The Balaban J connectivity index is 1.83. The van der Waals surface area contributed by atoms with Crippen LogP contribution < -0.4 is 5.32 Å². The quantitative estimate of drug-likeness (QED) is 0.791. The molecule has 0 aromatic heterocycles. The van der Waals surface area contributed by atoms with Gasteiger partial charge in [0.05, 0.1) is 11.7 Å². The van der Waals surface area contributed by atoms with Gasteiger partial charge in [-0.1, -0.05) is 19.8 Å². The summed E-state index contributed by atoms with van der Waals surface area (Å²) in [6, 6.07) is 0. The number of carboxylic acids is 1. The number of hydrogen-bond acceptors (Lipinski definition) is 3. The fraction of sp³-hybridized carbons (Fsp3) is 0.929. The predicted molar refractivity (Wildman–Crippen MR) is 69.6 cm³/mol. The molecule has 0 radical (unpaired) electrons. The van der Waals surface area contributed by atoms with E-state index in [-0.39, 0.29) is 11.7 Å². The molecular weight excluding hydrogens is 230 g/mol. The smallest absolute Gasteiger partial charge is 0.323 e. The highest BCUT2D eigenvalue weighted by atomic mass is 16.5. The highest BCUT2D eigenvalue weighted by Crippen LogP contribution is 2.43. The lowest BCUT2D eigenvalue weighted by Gasteiger charge is -2.28. The Labute approximate surface area is 109 Å². The van der Waals surface area contributed by atoms with Gasteiger partial charge in [-0.3, -0.25) is 10.1 Å². The van der Waals surface area contributed by atoms with Crippen molar-refractivity contribution in [3.63, 3.8) is 0 Å². The van der Waals surface area contributed by atoms with Crippen LogP contribution in [0.3, 0.4) is 0 Å². The van der Waals surface area contributed by atoms with E-state index >= 15 is 0 Å². The van der Waals surface area contributed by atoms with E-state index in [2.05, 4.69) is 5.32 Å². The van der Waals surface area contributed by atoms with Crippen LogP contribution in [0.2, 0.25) is 0 Å². The molecule has 0 bridgehead atoms. The summed E-state index contributed by atoms with van der Waals surface area (Å²) in [5.74, 6) is -0.779. The van der Waals surface area contributed by atoms with Gasteiger partial charge in [0.15, 0.2) is 0 Å². The van der Waals surface area contributed by atoms with Crippen LogP contribution in [0, 0.1) is 0 Å². The Kier molecular flexibility index (Phi) is 3.97. The number of aliphatic carboxylic acids is 1. The van der Waals surface area contributed by atoms with Crippen LogP contribution >= 0.6 is 0 Å². The molecule has 1 aliphatic carbocycles. The van der Waals surface area contributed by atoms with Gasteiger partial charge in [-0.15, -0.1) is 0 Å². The SMILES string of the molecule is CCC(C)(NCC1CCC2(CCCC2)O1)C(=O)O. The van der Waals surface area contributed by atoms with Gasteiger partial charge in [-0.25, -0.2) is 0 Å². The first-order valence-electron chi connectivity index (χ1n) is 7.16. The molecule has 0 amide bonds. The molecule has 4 heteroatoms. The molecule has 2 aliphatic rings. The van der Waals surface area contributed by atoms with Crippen molar-refractivity contribution >= 4 is 5.97 Å². The molecule has 2 N–H and O–H groups in total. The Hall–Kier alpha value is -0.610. The molecule has 4 nitrogen and oxygen atoms in total. The molecule has 0 aromatic rings. The number of carboxylic acid groups (broad SMARTS) is 1. The van der Waals surface area contributed by atoms with Gasteiger partial charge >= 0.3 is 5.97 Å². The molecule has 2 atom stereocenters. The van der Waals surface area contributed by atoms with Gasteiger partial charge in [-0.05, 0) is 39.0 Å². The number of carbonyl (C=O) groups is 1. The summed E-state index contributed by atoms with van der Waals surface area (Å²) < 4.78 is 6.17. The summed E-state index contributed by atoms with van der Waals surface area (Å²) in [6.45, 7) is 4.29. The van der Waals surface area contributed by atoms with Crippen LogP contribution in [0.4, 0.5) is 0 Å². The molecule has 0 aromatic carbocycles. The number of nitrogens with one attached hydrogen (secondary N) is 1. The van der Waals surface area contributed by atoms with Crippen LogP contribution in [0.15, 0.2) is 0 Å². The monoisotopic (exact) mass is 255 g/mol. The van der Waals surface area contributed by atoms with Crippen LogP contribution in [0.25, 0.3) is 0 Å². The lowest BCUT2D eigenvalue weighted by Crippen LogP contribution is -2.51. The van der Waals surface area contributed by atoms with E-state index in [0.29, 0.717) is 13.0 Å². The summed E-state index contributed by atoms with van der Waals surface area (Å²) in [5, 5.41) is 12.4. The molecule has 2 unspecified atom stereocenters. The zero-order valence-electron chi connectivity index (χ0n) is 11.5. The minimum atomic E-state index is -0.825. The van der Waals surface area contributed by atoms with Crippen LogP contribution in [0.1, 0.15) is 58.8 Å². The van der Waals surface area contributed by atoms with Crippen molar-refractivity contribution < 1.29 is 14.6 Å². The lowest BCUT2D eigenvalue weighted by atomic mass is 9.97. The first-order chi connectivity index (χ1) is 8.50. The molecular formula is C14H25NO3. The summed E-state index contributed by atoms with van der Waals surface area (Å²) in [6.07, 6.45) is 7.92. The molecule has 1 saturated heterocycles. The lowest BCUT2D eigenvalue weighted by molar-refractivity contribution is -0.144. The molecule has 1 aliphatic heterocycles. The fourth-order valence-corrected chi connectivity index (χ4v) is 3.12. The largest absolute Gasteiger partial charge is 0.480 e. The van der Waals surface area contributed by atoms with E-state index in [4.69, 9.17) is 4.74 Å². The first-order valence-corrected chi connectivity index (χ1v) is 7.16. The van der Waals surface area contributed by atoms with Gasteiger partial charge < -0.3 is 9.84 Å². The van der Waals surface area contributed by atoms with Crippen molar-refractivity contribution in [1.82, 2.24) is 5.32 Å². The van der Waals surface area contributed by atoms with E-state index in [0.717, 1.165) is 12.8 Å². The van der Waals surface area contributed by atoms with E-state index < -0.39 is 11.5 Å². The molecule has 1 heterocycles. The molecule has 1 spiro atoms. The number of hydrogen-bond donors (Lipinski definition) is 2. The Morgan fingerprint density at radius 1 is 1.44 bits per heavy atom. The number of rotatable bonds is 5. The summed E-state index contributed by atoms with van der Waals surface area (Å²) in [5.41, 5.74) is -0.688. The predicted octanol–water partition coefficient (Wildman–Crippen LogP) is 2.32. The van der Waals surface area contributed by atoms with E-state index in [1.165, 1.54) is 25.7 Å². The Morgan fingerprint density at radius 3 is 2.67 bits per heavy atom. The second kappa shape index (κ2) is 5.17. The Bertz CT molecular complexity index is 312. The van der Waals surface area contributed by atoms with Gasteiger partial charge in [0.1, 0.15) is 5.54 Å². The standard InChI is InChI=1S/C14H25NO3/c1-3-13(2,12(16)17)15-10-11-6-9-14(18-11)7-4-5-8-14/h11,15H,3-10H2,1-2H3,(H,16,17). The maximum absolute atomic E-state index is 11.2. The maximum atomic E-state index is 11.2. The van der Waals surface area contributed by atoms with E-state index in [1.54, 1.807) is 6.92 Å². The molecule has 2 fully saturated rings. The van der Waals surface area contributed by atoms with Crippen molar-refractivity contribution in [3.8, 4) is 0 Å². The van der Waals surface area contributed by atoms with E-state index in [9.17, 15) is 9.90 Å². The van der Waals surface area contributed by atoms with Crippen molar-refractivity contribution in [2.75, 3.05) is 6.54 Å². The van der Waals surface area contributed by atoms with Crippen molar-refractivity contribution in [1.29, 1.82) is 0 Å². The summed E-state index contributed by atoms with van der Waals surface area (Å²) in [4.78, 5) is 11.2. The van der Waals surface area contributed by atoms with Crippen molar-refractivity contribution in [2.45, 2.75) is 76.0 Å². The van der Waals surface area contributed by atoms with E-state index in [1.807, 2.05) is 6.92 Å². The summed E-state index contributed by atoms with van der Waals surface area (Å²) in [7, 11) is 0. The van der Waals surface area contributed by atoms with Crippen molar-refractivity contribution in [2.24, 2.45) is 0 Å². The summed E-state index contributed by atoms with van der Waals surface area (Å²) >= 11 is 0. The van der Waals surface area contributed by atoms with Crippen LogP contribution in [0.5, 0.6) is 0 Å². The molecule has 104 valence electrons. The van der Waals surface area contributed by atoms with Crippen molar-refractivity contribution in [3.05, 3.63) is 0 Å². The fourth-order valence-electron chi connectivity index (χ4n) is 3.12. The topological polar surface area (TPSA) is 58.6 Å². The third-order valence-electron chi connectivity index (χ3n) is 4.75. The molecule has 18 heavy (non-hydrogen) atoms. The highest BCUT2D eigenvalue weighted by Gasteiger charge is 2.42. The molecule has 2 rings (SSSR count). The maximum Gasteiger partial charge on any atom is 0.323 e. The molecule has 1 saturated carbocycles. The van der Waals surface area contributed by atoms with Crippen LogP contribution in [-0.4, -0.2) is 34.9 Å². The van der Waals surface area contributed by atoms with Gasteiger partial charge in [0, 0.05) is 6.54 Å². The average Bonchev–Trinajstić information content (AvgIpc) is 2.97. The minimum Gasteiger partial charge on any atom is -0.480 e. The average molecular weight is 255 g/mol. The zero-order valence-corrected chi connectivity index (χ0v) is 11.5. The Morgan fingerprint density at radius 2 is 2.11 bits per heavy atom. The highest BCUT2D eigenvalue weighted by molar-refractivity contribution is 5.78. The second-order valence-corrected chi connectivity index (χ2v) is 6.04. The van der Waals surface area contributed by atoms with Gasteiger partial charge in [0.2, 0.25) is 0 Å². The first kappa shape index (κ1) is 13.8. The van der Waals surface area contributed by atoms with Crippen LogP contribution in [-0.2, 0) is 9.53 Å². The van der Waals surface area contributed by atoms with Gasteiger partial charge in [0.25, 0.3) is 0 Å².